The van der Waals surface area contributed by atoms with E-state index in [0.717, 1.165) is 24.5 Å². The van der Waals surface area contributed by atoms with E-state index in [0.29, 0.717) is 40.0 Å². The van der Waals surface area contributed by atoms with Crippen LogP contribution in [0.3, 0.4) is 0 Å². The third kappa shape index (κ3) is 6.42. The van der Waals surface area contributed by atoms with Gasteiger partial charge in [-0.3, -0.25) is 14.9 Å². The second kappa shape index (κ2) is 11.9. The van der Waals surface area contributed by atoms with Gasteiger partial charge in [0.15, 0.2) is 10.9 Å². The van der Waals surface area contributed by atoms with Crippen molar-refractivity contribution < 1.29 is 14.0 Å². The third-order valence-electron chi connectivity index (χ3n) is 6.33. The number of hydrogen-bond donors (Lipinski definition) is 2. The standard InChI is InChI=1S/C29H24Cl2N4O3S/c30-20-6-11-23(24(31)18-20)25-12-13-26(38-25)27(36)33-29(39)32-21-7-9-22(10-8-21)34-14-16-35(17-15-34)28(37)19-4-2-1-3-5-19/h1-13,18H,14-17H2,(H2,32,33,36,39). The van der Waals surface area contributed by atoms with E-state index in [1.165, 1.54) is 0 Å². The highest BCUT2D eigenvalue weighted by molar-refractivity contribution is 7.80. The second-order valence-corrected chi connectivity index (χ2v) is 10.1. The molecule has 39 heavy (non-hydrogen) atoms. The van der Waals surface area contributed by atoms with Crippen LogP contribution in [0.1, 0.15) is 20.9 Å². The van der Waals surface area contributed by atoms with Crippen LogP contribution in [-0.2, 0) is 0 Å². The Bertz CT molecular complexity index is 1500. The van der Waals surface area contributed by atoms with E-state index < -0.39 is 5.91 Å². The highest BCUT2D eigenvalue weighted by Crippen LogP contribution is 2.31. The van der Waals surface area contributed by atoms with E-state index in [2.05, 4.69) is 15.5 Å². The van der Waals surface area contributed by atoms with Crippen LogP contribution in [0.25, 0.3) is 11.3 Å². The van der Waals surface area contributed by atoms with Crippen molar-refractivity contribution in [3.63, 3.8) is 0 Å². The molecule has 7 nitrogen and oxygen atoms in total. The van der Waals surface area contributed by atoms with Crippen LogP contribution in [0.4, 0.5) is 11.4 Å². The number of carbonyl (C=O) groups is 2. The fourth-order valence-corrected chi connectivity index (χ4v) is 5.02. The first kappa shape index (κ1) is 26.7. The Morgan fingerprint density at radius 1 is 0.846 bits per heavy atom. The Labute approximate surface area is 241 Å². The largest absolute Gasteiger partial charge is 0.451 e. The summed E-state index contributed by atoms with van der Waals surface area (Å²) >= 11 is 17.5. The highest BCUT2D eigenvalue weighted by Gasteiger charge is 2.22. The zero-order chi connectivity index (χ0) is 27.4. The topological polar surface area (TPSA) is 77.8 Å². The summed E-state index contributed by atoms with van der Waals surface area (Å²) in [4.78, 5) is 29.4. The number of anilines is 2. The molecule has 0 atom stereocenters. The van der Waals surface area contributed by atoms with Crippen molar-refractivity contribution in [2.24, 2.45) is 0 Å². The molecule has 2 N–H and O–H groups in total. The Hall–Kier alpha value is -3.85. The second-order valence-electron chi connectivity index (χ2n) is 8.89. The van der Waals surface area contributed by atoms with Crippen molar-refractivity contribution in [2.75, 3.05) is 36.4 Å². The lowest BCUT2D eigenvalue weighted by Gasteiger charge is -2.36. The summed E-state index contributed by atoms with van der Waals surface area (Å²) in [5, 5.41) is 6.72. The maximum atomic E-state index is 12.7. The smallest absolute Gasteiger partial charge is 0.293 e. The van der Waals surface area contributed by atoms with Crippen LogP contribution in [-0.4, -0.2) is 48.0 Å². The van der Waals surface area contributed by atoms with E-state index in [1.54, 1.807) is 30.3 Å². The number of nitrogens with one attached hydrogen (secondary N) is 2. The van der Waals surface area contributed by atoms with Gasteiger partial charge in [-0.15, -0.1) is 0 Å². The Morgan fingerprint density at radius 3 is 2.26 bits per heavy atom. The molecule has 0 spiro atoms. The molecule has 0 unspecified atom stereocenters. The summed E-state index contributed by atoms with van der Waals surface area (Å²) in [6.07, 6.45) is 0. The predicted molar refractivity (Wildman–Crippen MR) is 159 cm³/mol. The molecule has 0 radical (unpaired) electrons. The SMILES string of the molecule is O=C(NC(=S)Nc1ccc(N2CCN(C(=O)c3ccccc3)CC2)cc1)c1ccc(-c2ccc(Cl)cc2Cl)o1. The molecule has 1 aromatic heterocycles. The lowest BCUT2D eigenvalue weighted by Crippen LogP contribution is -2.48. The average molecular weight is 580 g/mol. The van der Waals surface area contributed by atoms with Gasteiger partial charge in [0, 0.05) is 53.7 Å². The number of nitrogens with zero attached hydrogens (tertiary/aromatic N) is 2. The van der Waals surface area contributed by atoms with Crippen LogP contribution < -0.4 is 15.5 Å². The summed E-state index contributed by atoms with van der Waals surface area (Å²) in [6.45, 7) is 2.80. The van der Waals surface area contributed by atoms with Gasteiger partial charge < -0.3 is 19.5 Å². The minimum Gasteiger partial charge on any atom is -0.451 e. The third-order valence-corrected chi connectivity index (χ3v) is 7.08. The normalized spacial score (nSPS) is 13.2. The summed E-state index contributed by atoms with van der Waals surface area (Å²) in [5.74, 6) is 0.121. The van der Waals surface area contributed by atoms with E-state index in [4.69, 9.17) is 39.8 Å². The van der Waals surface area contributed by atoms with Crippen LogP contribution >= 0.6 is 35.4 Å². The molecule has 0 saturated carbocycles. The average Bonchev–Trinajstić information content (AvgIpc) is 3.44. The number of furan rings is 1. The predicted octanol–water partition coefficient (Wildman–Crippen LogP) is 6.34. The molecule has 1 fully saturated rings. The molecule has 10 heteroatoms. The Balaban J connectivity index is 1.12. The van der Waals surface area contributed by atoms with E-state index in [9.17, 15) is 9.59 Å². The summed E-state index contributed by atoms with van der Waals surface area (Å²) in [6, 6.07) is 25.3. The lowest BCUT2D eigenvalue weighted by molar-refractivity contribution is 0.0746. The van der Waals surface area contributed by atoms with Gasteiger partial charge in [0.1, 0.15) is 5.76 Å². The van der Waals surface area contributed by atoms with Gasteiger partial charge in [-0.05, 0) is 78.9 Å². The minimum atomic E-state index is -0.483. The highest BCUT2D eigenvalue weighted by atomic mass is 35.5. The van der Waals surface area contributed by atoms with Crippen LogP contribution in [0, 0.1) is 0 Å². The van der Waals surface area contributed by atoms with Gasteiger partial charge in [0.25, 0.3) is 11.8 Å². The molecule has 0 aliphatic carbocycles. The maximum absolute atomic E-state index is 12.7. The maximum Gasteiger partial charge on any atom is 0.293 e. The number of halogens is 2. The van der Waals surface area contributed by atoms with Gasteiger partial charge in [-0.1, -0.05) is 41.4 Å². The van der Waals surface area contributed by atoms with Crippen molar-refractivity contribution in [3.05, 3.63) is 106 Å². The number of carbonyl (C=O) groups excluding carboxylic acids is 2. The van der Waals surface area contributed by atoms with E-state index >= 15 is 0 Å². The fourth-order valence-electron chi connectivity index (χ4n) is 4.31. The summed E-state index contributed by atoms with van der Waals surface area (Å²) < 4.78 is 5.68. The number of amides is 2. The van der Waals surface area contributed by atoms with Gasteiger partial charge in [-0.25, -0.2) is 0 Å². The Morgan fingerprint density at radius 2 is 1.56 bits per heavy atom. The molecule has 1 aliphatic heterocycles. The molecule has 2 amide bonds. The quantitative estimate of drug-likeness (QED) is 0.269. The van der Waals surface area contributed by atoms with Gasteiger partial charge in [-0.2, -0.15) is 0 Å². The molecular weight excluding hydrogens is 555 g/mol. The van der Waals surface area contributed by atoms with E-state index in [-0.39, 0.29) is 16.8 Å². The number of thiocarbonyl (C=S) groups is 1. The molecule has 198 valence electrons. The van der Waals surface area contributed by atoms with Crippen LogP contribution in [0.15, 0.2) is 89.3 Å². The first-order valence-corrected chi connectivity index (χ1v) is 13.4. The van der Waals surface area contributed by atoms with Gasteiger partial charge in [0.2, 0.25) is 0 Å². The molecule has 3 aromatic carbocycles. The molecule has 2 heterocycles. The Kier molecular flexibility index (Phi) is 8.16. The number of benzene rings is 3. The molecule has 5 rings (SSSR count). The fraction of sp³-hybridized carbons (Fsp3) is 0.138. The lowest BCUT2D eigenvalue weighted by atomic mass is 10.1. The van der Waals surface area contributed by atoms with Gasteiger partial charge in [0.05, 0.1) is 5.02 Å². The number of hydrogen-bond acceptors (Lipinski definition) is 5. The zero-order valence-electron chi connectivity index (χ0n) is 20.7. The molecule has 1 saturated heterocycles. The van der Waals surface area contributed by atoms with Crippen LogP contribution in [0.2, 0.25) is 10.0 Å². The van der Waals surface area contributed by atoms with Crippen molar-refractivity contribution in [1.29, 1.82) is 0 Å². The molecule has 4 aromatic rings. The van der Waals surface area contributed by atoms with E-state index in [1.807, 2.05) is 59.5 Å². The first-order chi connectivity index (χ1) is 18.9. The monoisotopic (exact) mass is 578 g/mol. The van der Waals surface area contributed by atoms with Crippen molar-refractivity contribution in [3.8, 4) is 11.3 Å². The first-order valence-electron chi connectivity index (χ1n) is 12.2. The number of piperazine rings is 1. The van der Waals surface area contributed by atoms with Gasteiger partial charge >= 0.3 is 0 Å². The van der Waals surface area contributed by atoms with Crippen LogP contribution in [0.5, 0.6) is 0 Å². The summed E-state index contributed by atoms with van der Waals surface area (Å²) in [5.41, 5.74) is 3.12. The van der Waals surface area contributed by atoms with Crippen molar-refractivity contribution in [1.82, 2.24) is 10.2 Å². The number of rotatable bonds is 5. The molecular formula is C29H24Cl2N4O3S. The van der Waals surface area contributed by atoms with Crippen molar-refractivity contribution >= 4 is 63.7 Å². The molecule has 1 aliphatic rings. The van der Waals surface area contributed by atoms with Crippen molar-refractivity contribution in [2.45, 2.75) is 0 Å². The minimum absolute atomic E-state index is 0.0601. The zero-order valence-corrected chi connectivity index (χ0v) is 23.0. The molecule has 0 bridgehead atoms. The summed E-state index contributed by atoms with van der Waals surface area (Å²) in [7, 11) is 0.